The van der Waals surface area contributed by atoms with Crippen LogP contribution in [0, 0.1) is 0 Å². The summed E-state index contributed by atoms with van der Waals surface area (Å²) in [6.07, 6.45) is 0.995. The topological polar surface area (TPSA) is 26.0 Å². The maximum atomic E-state index is 5.90. The highest BCUT2D eigenvalue weighted by atomic mass is 79.9. The summed E-state index contributed by atoms with van der Waals surface area (Å²) in [4.78, 5) is 1.36. The maximum Gasteiger partial charge on any atom is 0.0701 e. The Morgan fingerprint density at radius 3 is 2.47 bits per heavy atom. The van der Waals surface area contributed by atoms with Crippen LogP contribution < -0.4 is 5.73 Å². The lowest BCUT2D eigenvalue weighted by atomic mass is 9.95. The number of halogens is 2. The standard InChI is InChI=1S/C13H13Br2NS/c14-12-4-2-1-3-11(12)9(8-16)7-10-5-6-13(15)17-10/h1-6,9H,7-8,16H2. The SMILES string of the molecule is NCC(Cc1ccc(Br)s1)c1ccccc1Br. The Kier molecular flexibility index (Phi) is 4.79. The molecule has 1 heterocycles. The summed E-state index contributed by atoms with van der Waals surface area (Å²) < 4.78 is 2.32. The van der Waals surface area contributed by atoms with Crippen LogP contribution in [-0.2, 0) is 6.42 Å². The number of thiophene rings is 1. The van der Waals surface area contributed by atoms with Crippen LogP contribution in [0.1, 0.15) is 16.4 Å². The monoisotopic (exact) mass is 373 g/mol. The average molecular weight is 375 g/mol. The first kappa shape index (κ1) is 13.3. The van der Waals surface area contributed by atoms with Gasteiger partial charge in [-0.25, -0.2) is 0 Å². The fraction of sp³-hybridized carbons (Fsp3) is 0.231. The normalized spacial score (nSPS) is 12.6. The van der Waals surface area contributed by atoms with Crippen molar-refractivity contribution < 1.29 is 0 Å². The van der Waals surface area contributed by atoms with Gasteiger partial charge in [-0.2, -0.15) is 0 Å². The van der Waals surface area contributed by atoms with Gasteiger partial charge in [0, 0.05) is 15.3 Å². The quantitative estimate of drug-likeness (QED) is 0.833. The van der Waals surface area contributed by atoms with Gasteiger partial charge in [-0.05, 0) is 52.7 Å². The summed E-state index contributed by atoms with van der Waals surface area (Å²) in [5.41, 5.74) is 7.19. The van der Waals surface area contributed by atoms with Crippen LogP contribution in [-0.4, -0.2) is 6.54 Å². The third-order valence-corrected chi connectivity index (χ3v) is 5.07. The van der Waals surface area contributed by atoms with E-state index in [-0.39, 0.29) is 0 Å². The number of hydrogen-bond donors (Lipinski definition) is 1. The fourth-order valence-corrected chi connectivity index (χ4v) is 4.00. The van der Waals surface area contributed by atoms with Crippen molar-refractivity contribution in [3.05, 3.63) is 55.1 Å². The Labute approximate surface area is 122 Å². The number of benzene rings is 1. The Balaban J connectivity index is 2.20. The molecule has 2 N–H and O–H groups in total. The number of hydrogen-bond acceptors (Lipinski definition) is 2. The lowest BCUT2D eigenvalue weighted by Gasteiger charge is -2.15. The predicted octanol–water partition coefficient (Wildman–Crippen LogP) is 4.56. The van der Waals surface area contributed by atoms with Crippen LogP contribution in [0.2, 0.25) is 0 Å². The molecule has 0 amide bonds. The van der Waals surface area contributed by atoms with Crippen LogP contribution in [0.3, 0.4) is 0 Å². The van der Waals surface area contributed by atoms with Gasteiger partial charge in [-0.1, -0.05) is 34.1 Å². The first-order valence-electron chi connectivity index (χ1n) is 5.39. The van der Waals surface area contributed by atoms with Gasteiger partial charge >= 0.3 is 0 Å². The molecule has 0 aliphatic heterocycles. The van der Waals surface area contributed by atoms with Gasteiger partial charge < -0.3 is 5.73 Å². The van der Waals surface area contributed by atoms with Crippen molar-refractivity contribution in [1.29, 1.82) is 0 Å². The molecule has 0 radical (unpaired) electrons. The highest BCUT2D eigenvalue weighted by molar-refractivity contribution is 9.11. The molecule has 2 rings (SSSR count). The van der Waals surface area contributed by atoms with Gasteiger partial charge in [0.05, 0.1) is 3.79 Å². The highest BCUT2D eigenvalue weighted by Gasteiger charge is 2.14. The number of rotatable bonds is 4. The van der Waals surface area contributed by atoms with Gasteiger partial charge in [0.15, 0.2) is 0 Å². The number of nitrogens with two attached hydrogens (primary N) is 1. The zero-order valence-corrected chi connectivity index (χ0v) is 13.2. The van der Waals surface area contributed by atoms with Crippen LogP contribution >= 0.6 is 43.2 Å². The molecule has 0 aliphatic carbocycles. The fourth-order valence-electron chi connectivity index (χ4n) is 1.83. The molecular weight excluding hydrogens is 362 g/mol. The molecule has 2 aromatic rings. The van der Waals surface area contributed by atoms with Crippen LogP contribution in [0.4, 0.5) is 0 Å². The van der Waals surface area contributed by atoms with E-state index in [2.05, 4.69) is 62.2 Å². The van der Waals surface area contributed by atoms with Crippen molar-refractivity contribution in [3.63, 3.8) is 0 Å². The van der Waals surface area contributed by atoms with E-state index < -0.39 is 0 Å². The molecule has 1 atom stereocenters. The molecule has 0 saturated heterocycles. The van der Waals surface area contributed by atoms with E-state index in [1.807, 2.05) is 6.07 Å². The summed E-state index contributed by atoms with van der Waals surface area (Å²) in [6, 6.07) is 12.6. The lowest BCUT2D eigenvalue weighted by Crippen LogP contribution is -2.15. The van der Waals surface area contributed by atoms with Crippen molar-refractivity contribution in [2.24, 2.45) is 5.73 Å². The van der Waals surface area contributed by atoms with Crippen molar-refractivity contribution in [2.75, 3.05) is 6.54 Å². The van der Waals surface area contributed by atoms with Crippen molar-refractivity contribution in [3.8, 4) is 0 Å². The Bertz CT molecular complexity index is 496. The molecule has 1 unspecified atom stereocenters. The molecule has 1 aromatic heterocycles. The maximum absolute atomic E-state index is 5.90. The molecular formula is C13H13Br2NS. The van der Waals surface area contributed by atoms with Crippen molar-refractivity contribution >= 4 is 43.2 Å². The van der Waals surface area contributed by atoms with Gasteiger partial charge in [0.2, 0.25) is 0 Å². The summed E-state index contributed by atoms with van der Waals surface area (Å²) in [5.74, 6) is 0.371. The van der Waals surface area contributed by atoms with Gasteiger partial charge in [0.1, 0.15) is 0 Å². The van der Waals surface area contributed by atoms with Crippen LogP contribution in [0.25, 0.3) is 0 Å². The molecule has 4 heteroatoms. The highest BCUT2D eigenvalue weighted by Crippen LogP contribution is 2.30. The van der Waals surface area contributed by atoms with E-state index in [0.29, 0.717) is 12.5 Å². The second kappa shape index (κ2) is 6.14. The summed E-state index contributed by atoms with van der Waals surface area (Å²) in [6.45, 7) is 0.665. The zero-order chi connectivity index (χ0) is 12.3. The zero-order valence-electron chi connectivity index (χ0n) is 9.20. The molecule has 0 saturated carbocycles. The smallest absolute Gasteiger partial charge is 0.0701 e. The second-order valence-electron chi connectivity index (χ2n) is 3.86. The van der Waals surface area contributed by atoms with Gasteiger partial charge in [-0.15, -0.1) is 11.3 Å². The van der Waals surface area contributed by atoms with Crippen molar-refractivity contribution in [2.45, 2.75) is 12.3 Å². The predicted molar refractivity (Wildman–Crippen MR) is 81.7 cm³/mol. The summed E-state index contributed by atoms with van der Waals surface area (Å²) >= 11 is 8.87. The summed E-state index contributed by atoms with van der Waals surface area (Å²) in [7, 11) is 0. The minimum absolute atomic E-state index is 0.371. The molecule has 90 valence electrons. The Morgan fingerprint density at radius 1 is 1.12 bits per heavy atom. The largest absolute Gasteiger partial charge is 0.330 e. The minimum atomic E-state index is 0.371. The molecule has 0 bridgehead atoms. The second-order valence-corrected chi connectivity index (χ2v) is 7.27. The van der Waals surface area contributed by atoms with Gasteiger partial charge in [0.25, 0.3) is 0 Å². The molecule has 0 aliphatic rings. The summed E-state index contributed by atoms with van der Waals surface area (Å²) in [5, 5.41) is 0. The van der Waals surface area contributed by atoms with Crippen LogP contribution in [0.15, 0.2) is 44.7 Å². The van der Waals surface area contributed by atoms with E-state index in [9.17, 15) is 0 Å². The molecule has 17 heavy (non-hydrogen) atoms. The third kappa shape index (κ3) is 3.41. The molecule has 0 fully saturated rings. The Hall–Kier alpha value is -0.160. The molecule has 0 spiro atoms. The van der Waals surface area contributed by atoms with E-state index in [0.717, 1.165) is 10.9 Å². The van der Waals surface area contributed by atoms with Crippen molar-refractivity contribution in [1.82, 2.24) is 0 Å². The first-order valence-corrected chi connectivity index (χ1v) is 7.79. The third-order valence-electron chi connectivity index (χ3n) is 2.71. The first-order chi connectivity index (χ1) is 8.20. The van der Waals surface area contributed by atoms with E-state index >= 15 is 0 Å². The average Bonchev–Trinajstić information content (AvgIpc) is 2.73. The molecule has 1 nitrogen and oxygen atoms in total. The Morgan fingerprint density at radius 2 is 1.88 bits per heavy atom. The van der Waals surface area contributed by atoms with Gasteiger partial charge in [-0.3, -0.25) is 0 Å². The van der Waals surface area contributed by atoms with Crippen LogP contribution in [0.5, 0.6) is 0 Å². The van der Waals surface area contributed by atoms with E-state index in [4.69, 9.17) is 5.73 Å². The lowest BCUT2D eigenvalue weighted by molar-refractivity contribution is 0.698. The minimum Gasteiger partial charge on any atom is -0.330 e. The van der Waals surface area contributed by atoms with E-state index in [1.54, 1.807) is 11.3 Å². The van der Waals surface area contributed by atoms with E-state index in [1.165, 1.54) is 14.2 Å². The molecule has 1 aromatic carbocycles.